The van der Waals surface area contributed by atoms with Crippen LogP contribution in [0.2, 0.25) is 0 Å². The minimum absolute atomic E-state index is 0.00962. The van der Waals surface area contributed by atoms with Gasteiger partial charge in [-0.15, -0.1) is 0 Å². The number of fused-ring (bicyclic) bond motifs is 1. The molecule has 2 aliphatic rings. The Morgan fingerprint density at radius 1 is 1.22 bits per heavy atom. The smallest absolute Gasteiger partial charge is 0.232 e. The summed E-state index contributed by atoms with van der Waals surface area (Å²) in [5, 5.41) is 0. The van der Waals surface area contributed by atoms with E-state index >= 15 is 0 Å². The lowest BCUT2D eigenvalue weighted by molar-refractivity contribution is -0.131. The lowest BCUT2D eigenvalue weighted by Gasteiger charge is -2.40. The van der Waals surface area contributed by atoms with Crippen molar-refractivity contribution in [3.05, 3.63) is 24.3 Å². The number of nitrogens with zero attached hydrogens (tertiary/aromatic N) is 2. The number of hydrogen-bond donors (Lipinski definition) is 0. The number of rotatable bonds is 4. The first-order chi connectivity index (χ1) is 12.6. The predicted octanol–water partition coefficient (Wildman–Crippen LogP) is 0.639. The molecule has 10 heteroatoms. The number of carbonyl (C=O) groups is 1. The van der Waals surface area contributed by atoms with Crippen molar-refractivity contribution >= 4 is 31.5 Å². The quantitative estimate of drug-likeness (QED) is 0.714. The average molecular weight is 417 g/mol. The Morgan fingerprint density at radius 2 is 1.85 bits per heavy atom. The molecule has 0 spiro atoms. The molecule has 0 bridgehead atoms. The summed E-state index contributed by atoms with van der Waals surface area (Å²) in [5.74, 6) is 0.322. The maximum atomic E-state index is 12.4. The number of benzene rings is 1. The van der Waals surface area contributed by atoms with Gasteiger partial charge >= 0.3 is 0 Å². The lowest BCUT2D eigenvalue weighted by Crippen LogP contribution is -2.51. The summed E-state index contributed by atoms with van der Waals surface area (Å²) in [5.41, 5.74) is 0.497. The first-order valence-corrected chi connectivity index (χ1v) is 12.5. The van der Waals surface area contributed by atoms with Crippen LogP contribution < -0.4 is 9.04 Å². The van der Waals surface area contributed by atoms with Crippen LogP contribution in [0.25, 0.3) is 0 Å². The third-order valence-electron chi connectivity index (χ3n) is 4.99. The minimum atomic E-state index is -3.50. The van der Waals surface area contributed by atoms with Crippen LogP contribution >= 0.6 is 0 Å². The Labute approximate surface area is 160 Å². The Bertz CT molecular complexity index is 914. The third-order valence-corrected chi connectivity index (χ3v) is 7.84. The first kappa shape index (κ1) is 19.9. The molecule has 0 N–H and O–H groups in total. The van der Waals surface area contributed by atoms with Crippen LogP contribution in [0, 0.1) is 0 Å². The van der Waals surface area contributed by atoms with E-state index in [1.54, 1.807) is 36.1 Å². The monoisotopic (exact) mass is 416 g/mol. The van der Waals surface area contributed by atoms with Crippen LogP contribution in [-0.4, -0.2) is 70.6 Å². The van der Waals surface area contributed by atoms with Gasteiger partial charge in [-0.3, -0.25) is 9.10 Å². The summed E-state index contributed by atoms with van der Waals surface area (Å²) >= 11 is 0. The molecule has 8 nitrogen and oxygen atoms in total. The lowest BCUT2D eigenvalue weighted by atomic mass is 10.0. The first-order valence-electron chi connectivity index (χ1n) is 8.82. The van der Waals surface area contributed by atoms with E-state index < -0.39 is 32.0 Å². The van der Waals surface area contributed by atoms with Crippen LogP contribution in [0.5, 0.6) is 5.75 Å². The summed E-state index contributed by atoms with van der Waals surface area (Å²) in [6, 6.07) is 6.48. The van der Waals surface area contributed by atoms with E-state index in [9.17, 15) is 21.6 Å². The highest BCUT2D eigenvalue weighted by atomic mass is 32.2. The van der Waals surface area contributed by atoms with E-state index in [4.69, 9.17) is 4.74 Å². The third kappa shape index (κ3) is 4.37. The molecular formula is C17H24N2O6S2. The molecule has 1 aromatic carbocycles. The van der Waals surface area contributed by atoms with E-state index in [-0.39, 0.29) is 36.9 Å². The largest absolute Gasteiger partial charge is 0.486 e. The maximum Gasteiger partial charge on any atom is 0.232 e. The molecule has 2 heterocycles. The molecule has 0 aromatic heterocycles. The number of anilines is 1. The van der Waals surface area contributed by atoms with Crippen LogP contribution in [-0.2, 0) is 24.7 Å². The molecule has 1 saturated heterocycles. The highest BCUT2D eigenvalue weighted by Gasteiger charge is 2.38. The number of sulfone groups is 1. The number of hydrogen-bond acceptors (Lipinski definition) is 6. The van der Waals surface area contributed by atoms with Gasteiger partial charge in [-0.1, -0.05) is 12.1 Å². The van der Waals surface area contributed by atoms with Gasteiger partial charge in [0.1, 0.15) is 11.9 Å². The second kappa shape index (κ2) is 7.31. The maximum absolute atomic E-state index is 12.4. The van der Waals surface area contributed by atoms with Gasteiger partial charge < -0.3 is 9.64 Å². The zero-order valence-electron chi connectivity index (χ0n) is 15.4. The number of para-hydroxylation sites is 2. The molecule has 1 unspecified atom stereocenters. The van der Waals surface area contributed by atoms with E-state index in [0.717, 1.165) is 6.26 Å². The van der Waals surface area contributed by atoms with Crippen LogP contribution in [0.15, 0.2) is 24.3 Å². The standard InChI is InChI=1S/C17H24N2O6S2/c1-13-15(7-8-17(20)18-9-11-27(23,24)12-10-18)25-16-6-4-3-5-14(16)19(13)26(2,21)22/h3-6,13,15H,7-12H2,1-2H3/t13-,15?/m1/s1. The minimum Gasteiger partial charge on any atom is -0.486 e. The molecule has 27 heavy (non-hydrogen) atoms. The van der Waals surface area contributed by atoms with Crippen LogP contribution in [0.1, 0.15) is 19.8 Å². The molecule has 1 amide bonds. The summed E-state index contributed by atoms with van der Waals surface area (Å²) in [4.78, 5) is 14.0. The number of ether oxygens (including phenoxy) is 1. The van der Waals surface area contributed by atoms with Gasteiger partial charge in [0.15, 0.2) is 9.84 Å². The van der Waals surface area contributed by atoms with Crippen molar-refractivity contribution in [1.29, 1.82) is 0 Å². The zero-order chi connectivity index (χ0) is 19.8. The van der Waals surface area contributed by atoms with Crippen molar-refractivity contribution in [3.63, 3.8) is 0 Å². The Kier molecular flexibility index (Phi) is 5.40. The van der Waals surface area contributed by atoms with E-state index in [1.807, 2.05) is 0 Å². The summed E-state index contributed by atoms with van der Waals surface area (Å²) in [6.45, 7) is 2.18. The molecule has 0 saturated carbocycles. The second-order valence-corrected chi connectivity index (χ2v) is 11.2. The van der Waals surface area contributed by atoms with Gasteiger partial charge in [0.2, 0.25) is 15.9 Å². The fraction of sp³-hybridized carbons (Fsp3) is 0.588. The van der Waals surface area contributed by atoms with Crippen LogP contribution in [0.4, 0.5) is 5.69 Å². The van der Waals surface area contributed by atoms with Crippen LogP contribution in [0.3, 0.4) is 0 Å². The van der Waals surface area contributed by atoms with Gasteiger partial charge in [-0.05, 0) is 25.5 Å². The summed E-state index contributed by atoms with van der Waals surface area (Å²) < 4.78 is 54.9. The van der Waals surface area contributed by atoms with Gasteiger partial charge in [-0.2, -0.15) is 0 Å². The normalized spacial score (nSPS) is 24.8. The molecule has 3 rings (SSSR count). The van der Waals surface area contributed by atoms with Crippen molar-refractivity contribution in [2.75, 3.05) is 35.2 Å². The SMILES string of the molecule is C[C@@H]1C(CCC(=O)N2CCS(=O)(=O)CC2)Oc2ccccc2N1S(C)(=O)=O. The fourth-order valence-electron chi connectivity index (χ4n) is 3.54. The zero-order valence-corrected chi connectivity index (χ0v) is 17.0. The summed E-state index contributed by atoms with van der Waals surface area (Å²) in [7, 11) is -6.54. The predicted molar refractivity (Wildman–Crippen MR) is 102 cm³/mol. The van der Waals surface area contributed by atoms with Crippen molar-refractivity contribution < 1.29 is 26.4 Å². The highest BCUT2D eigenvalue weighted by molar-refractivity contribution is 7.92. The molecule has 1 fully saturated rings. The molecule has 150 valence electrons. The van der Waals surface area contributed by atoms with Gasteiger partial charge in [-0.25, -0.2) is 16.8 Å². The molecule has 0 aliphatic carbocycles. The molecule has 0 radical (unpaired) electrons. The fourth-order valence-corrected chi connectivity index (χ4v) is 5.99. The average Bonchev–Trinajstić information content (AvgIpc) is 2.58. The number of carbonyl (C=O) groups excluding carboxylic acids is 1. The van der Waals surface area contributed by atoms with Crippen molar-refractivity contribution in [3.8, 4) is 5.75 Å². The molecule has 2 aliphatic heterocycles. The van der Waals surface area contributed by atoms with Crippen molar-refractivity contribution in [2.45, 2.75) is 31.9 Å². The molecule has 1 aromatic rings. The number of amides is 1. The van der Waals surface area contributed by atoms with Crippen molar-refractivity contribution in [2.24, 2.45) is 0 Å². The molecule has 2 atom stereocenters. The van der Waals surface area contributed by atoms with Gasteiger partial charge in [0.05, 0.1) is 29.5 Å². The number of sulfonamides is 1. The van der Waals surface area contributed by atoms with Crippen molar-refractivity contribution in [1.82, 2.24) is 4.90 Å². The Morgan fingerprint density at radius 3 is 2.48 bits per heavy atom. The Hall–Kier alpha value is -1.81. The van der Waals surface area contributed by atoms with Gasteiger partial charge in [0, 0.05) is 19.5 Å². The molecular weight excluding hydrogens is 392 g/mol. The van der Waals surface area contributed by atoms with E-state index in [1.165, 1.54) is 4.31 Å². The topological polar surface area (TPSA) is 101 Å². The van der Waals surface area contributed by atoms with E-state index in [2.05, 4.69) is 0 Å². The Balaban J connectivity index is 1.70. The van der Waals surface area contributed by atoms with E-state index in [0.29, 0.717) is 17.9 Å². The second-order valence-electron chi connectivity index (χ2n) is 6.99. The van der Waals surface area contributed by atoms with Gasteiger partial charge in [0.25, 0.3) is 0 Å². The summed E-state index contributed by atoms with van der Waals surface area (Å²) in [6.07, 6.45) is 1.22. The highest BCUT2D eigenvalue weighted by Crippen LogP contribution is 2.38.